The van der Waals surface area contributed by atoms with E-state index in [0.717, 1.165) is 16.5 Å². The average Bonchev–Trinajstić information content (AvgIpc) is 2.75. The second-order valence-corrected chi connectivity index (χ2v) is 5.96. The fourth-order valence-electron chi connectivity index (χ4n) is 2.25. The zero-order chi connectivity index (χ0) is 15.5. The lowest BCUT2D eigenvalue weighted by atomic mass is 10.1. The van der Waals surface area contributed by atoms with Crippen molar-refractivity contribution in [1.82, 2.24) is 9.88 Å². The van der Waals surface area contributed by atoms with E-state index < -0.39 is 11.7 Å². The summed E-state index contributed by atoms with van der Waals surface area (Å²) in [5.41, 5.74) is 1.60. The Hall–Kier alpha value is -2.01. The van der Waals surface area contributed by atoms with E-state index in [1.807, 2.05) is 51.2 Å². The van der Waals surface area contributed by atoms with Gasteiger partial charge in [-0.2, -0.15) is 0 Å². The molecule has 2 aromatic rings. The van der Waals surface area contributed by atoms with Crippen LogP contribution in [0.25, 0.3) is 10.9 Å². The third-order valence-electron chi connectivity index (χ3n) is 3.09. The molecular weight excluding hydrogens is 268 g/mol. The first-order valence-electron chi connectivity index (χ1n) is 7.05. The van der Waals surface area contributed by atoms with E-state index in [2.05, 4.69) is 5.32 Å². The minimum Gasteiger partial charge on any atom is -0.444 e. The number of nitrogens with zero attached hydrogens (tertiary/aromatic N) is 1. The molecule has 2 N–H and O–H groups in total. The maximum absolute atomic E-state index is 11.6. The van der Waals surface area contributed by atoms with Crippen molar-refractivity contribution in [2.24, 2.45) is 0 Å². The highest BCUT2D eigenvalue weighted by Crippen LogP contribution is 2.21. The fraction of sp³-hybridized carbons (Fsp3) is 0.438. The van der Waals surface area contributed by atoms with Gasteiger partial charge in [-0.05, 0) is 38.8 Å². The molecule has 0 saturated heterocycles. The van der Waals surface area contributed by atoms with Crippen molar-refractivity contribution in [2.75, 3.05) is 6.54 Å². The first-order valence-corrected chi connectivity index (χ1v) is 7.05. The third kappa shape index (κ3) is 3.98. The molecule has 0 unspecified atom stereocenters. The summed E-state index contributed by atoms with van der Waals surface area (Å²) in [6.07, 6.45) is 2.20. The smallest absolute Gasteiger partial charge is 0.407 e. The quantitative estimate of drug-likeness (QED) is 0.910. The highest BCUT2D eigenvalue weighted by atomic mass is 16.6. The molecule has 0 atom stereocenters. The molecule has 0 fully saturated rings. The molecule has 0 spiro atoms. The maximum atomic E-state index is 11.6. The number of amides is 1. The van der Waals surface area contributed by atoms with Crippen LogP contribution in [-0.2, 0) is 17.9 Å². The first-order chi connectivity index (χ1) is 9.90. The monoisotopic (exact) mass is 290 g/mol. The molecule has 21 heavy (non-hydrogen) atoms. The lowest BCUT2D eigenvalue weighted by Gasteiger charge is -2.19. The van der Waals surface area contributed by atoms with Crippen molar-refractivity contribution in [3.63, 3.8) is 0 Å². The van der Waals surface area contributed by atoms with Gasteiger partial charge in [0.2, 0.25) is 0 Å². The van der Waals surface area contributed by atoms with E-state index in [1.165, 1.54) is 0 Å². The minimum atomic E-state index is -0.489. The molecule has 0 radical (unpaired) electrons. The second kappa shape index (κ2) is 6.18. The molecule has 1 aromatic heterocycles. The average molecular weight is 290 g/mol. The fourth-order valence-corrected chi connectivity index (χ4v) is 2.25. The van der Waals surface area contributed by atoms with Gasteiger partial charge in [0.25, 0.3) is 0 Å². The Morgan fingerprint density at radius 3 is 2.71 bits per heavy atom. The summed E-state index contributed by atoms with van der Waals surface area (Å²) in [5.74, 6) is 0. The Morgan fingerprint density at radius 2 is 2.05 bits per heavy atom. The molecule has 0 saturated carbocycles. The van der Waals surface area contributed by atoms with Crippen LogP contribution in [-0.4, -0.2) is 27.9 Å². The molecule has 5 nitrogen and oxygen atoms in total. The van der Waals surface area contributed by atoms with Crippen LogP contribution in [0.2, 0.25) is 0 Å². The summed E-state index contributed by atoms with van der Waals surface area (Å²) >= 11 is 0. The van der Waals surface area contributed by atoms with Crippen molar-refractivity contribution in [1.29, 1.82) is 0 Å². The minimum absolute atomic E-state index is 0.0555. The van der Waals surface area contributed by atoms with Gasteiger partial charge in [0.1, 0.15) is 12.3 Å². The van der Waals surface area contributed by atoms with E-state index in [4.69, 9.17) is 4.74 Å². The number of ether oxygens (including phenoxy) is 1. The predicted molar refractivity (Wildman–Crippen MR) is 82.1 cm³/mol. The molecule has 5 heteroatoms. The SMILES string of the molecule is CC(C)(C)OC(=O)NCCc1cn(CO)c2ccccc12. The highest BCUT2D eigenvalue weighted by molar-refractivity contribution is 5.84. The first kappa shape index (κ1) is 15.4. The van der Waals surface area contributed by atoms with Gasteiger partial charge in [0.15, 0.2) is 0 Å². The van der Waals surface area contributed by atoms with Crippen molar-refractivity contribution >= 4 is 17.0 Å². The van der Waals surface area contributed by atoms with Gasteiger partial charge in [-0.25, -0.2) is 4.79 Å². The number of para-hydroxylation sites is 1. The molecule has 1 amide bonds. The number of hydrogen-bond donors (Lipinski definition) is 2. The summed E-state index contributed by atoms with van der Waals surface area (Å²) in [7, 11) is 0. The largest absolute Gasteiger partial charge is 0.444 e. The van der Waals surface area contributed by atoms with E-state index in [9.17, 15) is 9.90 Å². The summed E-state index contributed by atoms with van der Waals surface area (Å²) in [6, 6.07) is 7.90. The third-order valence-corrected chi connectivity index (χ3v) is 3.09. The van der Waals surface area contributed by atoms with Crippen molar-refractivity contribution < 1.29 is 14.6 Å². The number of fused-ring (bicyclic) bond motifs is 1. The zero-order valence-electron chi connectivity index (χ0n) is 12.7. The van der Waals surface area contributed by atoms with Crippen molar-refractivity contribution in [3.8, 4) is 0 Å². The highest BCUT2D eigenvalue weighted by Gasteiger charge is 2.15. The number of benzene rings is 1. The van der Waals surface area contributed by atoms with Crippen LogP contribution < -0.4 is 5.32 Å². The zero-order valence-corrected chi connectivity index (χ0v) is 12.7. The molecule has 1 heterocycles. The number of hydrogen-bond acceptors (Lipinski definition) is 3. The van der Waals surface area contributed by atoms with Gasteiger partial charge < -0.3 is 19.7 Å². The van der Waals surface area contributed by atoms with Gasteiger partial charge in [-0.15, -0.1) is 0 Å². The van der Waals surface area contributed by atoms with Crippen molar-refractivity contribution in [3.05, 3.63) is 36.0 Å². The van der Waals surface area contributed by atoms with Gasteiger partial charge >= 0.3 is 6.09 Å². The predicted octanol–water partition coefficient (Wildman–Crippen LogP) is 2.66. The Balaban J connectivity index is 1.99. The molecule has 1 aromatic carbocycles. The number of aliphatic hydroxyl groups excluding tert-OH is 1. The molecule has 0 aliphatic heterocycles. The van der Waals surface area contributed by atoms with Crippen LogP contribution in [0.5, 0.6) is 0 Å². The summed E-state index contributed by atoms with van der Waals surface area (Å²) in [4.78, 5) is 11.6. The van der Waals surface area contributed by atoms with Gasteiger partial charge in [-0.3, -0.25) is 0 Å². The van der Waals surface area contributed by atoms with E-state index in [1.54, 1.807) is 4.57 Å². The molecule has 0 bridgehead atoms. The topological polar surface area (TPSA) is 63.5 Å². The van der Waals surface area contributed by atoms with E-state index in [-0.39, 0.29) is 6.73 Å². The van der Waals surface area contributed by atoms with E-state index in [0.29, 0.717) is 13.0 Å². The molecular formula is C16H22N2O3. The van der Waals surface area contributed by atoms with Crippen LogP contribution in [0.3, 0.4) is 0 Å². The van der Waals surface area contributed by atoms with E-state index >= 15 is 0 Å². The number of alkyl carbamates (subject to hydrolysis) is 1. The van der Waals surface area contributed by atoms with Gasteiger partial charge in [0.05, 0.1) is 5.52 Å². The number of rotatable bonds is 4. The van der Waals surface area contributed by atoms with Crippen LogP contribution in [0, 0.1) is 0 Å². The lowest BCUT2D eigenvalue weighted by molar-refractivity contribution is 0.0528. The standard InChI is InChI=1S/C16H22N2O3/c1-16(2,3)21-15(20)17-9-8-12-10-18(11-19)14-7-5-4-6-13(12)14/h4-7,10,19H,8-9,11H2,1-3H3,(H,17,20). The summed E-state index contributed by atoms with van der Waals surface area (Å²) in [5, 5.41) is 13.2. The van der Waals surface area contributed by atoms with Crippen LogP contribution in [0.4, 0.5) is 4.79 Å². The number of carbonyl (C=O) groups is 1. The number of aromatic nitrogens is 1. The van der Waals surface area contributed by atoms with Crippen LogP contribution in [0.1, 0.15) is 26.3 Å². The molecule has 0 aliphatic rings. The Morgan fingerprint density at radius 1 is 1.33 bits per heavy atom. The maximum Gasteiger partial charge on any atom is 0.407 e. The molecule has 0 aliphatic carbocycles. The Bertz CT molecular complexity index is 626. The normalized spacial score (nSPS) is 11.6. The van der Waals surface area contributed by atoms with Crippen LogP contribution in [0.15, 0.2) is 30.5 Å². The van der Waals surface area contributed by atoms with Gasteiger partial charge in [0, 0.05) is 18.1 Å². The van der Waals surface area contributed by atoms with Crippen LogP contribution >= 0.6 is 0 Å². The van der Waals surface area contributed by atoms with Crippen molar-refractivity contribution in [2.45, 2.75) is 39.5 Å². The Kier molecular flexibility index (Phi) is 4.53. The summed E-state index contributed by atoms with van der Waals surface area (Å²) < 4.78 is 6.98. The molecule has 2 rings (SSSR count). The summed E-state index contributed by atoms with van der Waals surface area (Å²) in [6.45, 7) is 5.94. The lowest BCUT2D eigenvalue weighted by Crippen LogP contribution is -2.33. The number of nitrogens with one attached hydrogen (secondary N) is 1. The second-order valence-electron chi connectivity index (χ2n) is 5.96. The molecule has 114 valence electrons. The Labute approximate surface area is 124 Å². The van der Waals surface area contributed by atoms with Gasteiger partial charge in [-0.1, -0.05) is 18.2 Å². The number of aliphatic hydroxyl groups is 1. The number of carbonyl (C=O) groups excluding carboxylic acids is 1.